The first-order chi connectivity index (χ1) is 17.9. The van der Waals surface area contributed by atoms with Crippen LogP contribution < -0.4 is 9.62 Å². The summed E-state index contributed by atoms with van der Waals surface area (Å²) in [5, 5.41) is 2.95. The topological polar surface area (TPSA) is 86.8 Å². The molecule has 202 valence electrons. The van der Waals surface area contributed by atoms with Gasteiger partial charge in [0.2, 0.25) is 21.8 Å². The van der Waals surface area contributed by atoms with Crippen molar-refractivity contribution in [2.24, 2.45) is 0 Å². The number of aryl methyl sites for hydroxylation is 2. The van der Waals surface area contributed by atoms with E-state index in [-0.39, 0.29) is 18.5 Å². The summed E-state index contributed by atoms with van der Waals surface area (Å²) in [6, 6.07) is 23.3. The second-order valence-corrected chi connectivity index (χ2v) is 11.9. The van der Waals surface area contributed by atoms with E-state index in [1.54, 1.807) is 18.2 Å². The van der Waals surface area contributed by atoms with Gasteiger partial charge in [-0.05, 0) is 56.5 Å². The Balaban J connectivity index is 2.06. The fourth-order valence-corrected chi connectivity index (χ4v) is 5.18. The molecule has 38 heavy (non-hydrogen) atoms. The Kier molecular flexibility index (Phi) is 9.69. The fourth-order valence-electron chi connectivity index (χ4n) is 4.34. The Hall–Kier alpha value is -3.65. The highest BCUT2D eigenvalue weighted by molar-refractivity contribution is 7.92. The van der Waals surface area contributed by atoms with Gasteiger partial charge in [-0.2, -0.15) is 0 Å². The lowest BCUT2D eigenvalue weighted by Crippen LogP contribution is -2.54. The van der Waals surface area contributed by atoms with Crippen LogP contribution in [0.2, 0.25) is 0 Å². The Labute approximate surface area is 226 Å². The summed E-state index contributed by atoms with van der Waals surface area (Å²) in [4.78, 5) is 29.0. The highest BCUT2D eigenvalue weighted by Crippen LogP contribution is 2.21. The number of benzene rings is 3. The zero-order valence-electron chi connectivity index (χ0n) is 22.7. The Morgan fingerprint density at radius 2 is 1.45 bits per heavy atom. The molecule has 1 N–H and O–H groups in total. The lowest BCUT2D eigenvalue weighted by molar-refractivity contribution is -0.140. The van der Waals surface area contributed by atoms with Crippen molar-refractivity contribution >= 4 is 27.5 Å². The number of hydrogen-bond acceptors (Lipinski definition) is 4. The number of carbonyl (C=O) groups excluding carboxylic acids is 2. The number of carbonyl (C=O) groups is 2. The minimum absolute atomic E-state index is 0.128. The van der Waals surface area contributed by atoms with E-state index in [9.17, 15) is 18.0 Å². The maximum atomic E-state index is 14.0. The lowest BCUT2D eigenvalue weighted by atomic mass is 10.0. The summed E-state index contributed by atoms with van der Waals surface area (Å²) in [5.74, 6) is -0.746. The molecule has 0 bridgehead atoms. The van der Waals surface area contributed by atoms with Crippen molar-refractivity contribution in [3.63, 3.8) is 0 Å². The number of hydrogen-bond donors (Lipinski definition) is 1. The number of anilines is 1. The third kappa shape index (κ3) is 8.18. The minimum atomic E-state index is -3.78. The van der Waals surface area contributed by atoms with Gasteiger partial charge in [0.15, 0.2) is 0 Å². The van der Waals surface area contributed by atoms with Crippen LogP contribution in [0, 0.1) is 13.8 Å². The number of rotatable bonds is 11. The molecule has 2 amide bonds. The molecule has 7 nitrogen and oxygen atoms in total. The van der Waals surface area contributed by atoms with Crippen LogP contribution in [0.25, 0.3) is 0 Å². The molecule has 0 saturated carbocycles. The van der Waals surface area contributed by atoms with Gasteiger partial charge >= 0.3 is 0 Å². The summed E-state index contributed by atoms with van der Waals surface area (Å²) in [6.07, 6.45) is 1.38. The standard InChI is InChI=1S/C30H37N3O4S/c1-22(2)31-30(35)28(19-25-13-7-6-8-14-25)32(20-26-15-9-11-23(3)17-26)29(34)21-33(38(5,36)37)27-16-10-12-24(4)18-27/h6-18,22,28H,19-21H2,1-5H3,(H,31,35)/t28-/m0/s1. The smallest absolute Gasteiger partial charge is 0.244 e. The highest BCUT2D eigenvalue weighted by atomic mass is 32.2. The maximum Gasteiger partial charge on any atom is 0.244 e. The number of sulfonamides is 1. The SMILES string of the molecule is Cc1cccc(CN(C(=O)CN(c2cccc(C)c2)S(C)(=O)=O)[C@@H](Cc2ccccc2)C(=O)NC(C)C)c1. The predicted molar refractivity (Wildman–Crippen MR) is 152 cm³/mol. The van der Waals surface area contributed by atoms with Crippen LogP contribution in [0.5, 0.6) is 0 Å². The van der Waals surface area contributed by atoms with E-state index in [1.807, 2.05) is 88.4 Å². The van der Waals surface area contributed by atoms with Crippen LogP contribution in [-0.2, 0) is 32.6 Å². The molecule has 8 heteroatoms. The summed E-state index contributed by atoms with van der Waals surface area (Å²) in [7, 11) is -3.78. The molecular weight excluding hydrogens is 498 g/mol. The monoisotopic (exact) mass is 535 g/mol. The molecule has 3 rings (SSSR count). The van der Waals surface area contributed by atoms with Crippen LogP contribution in [0.15, 0.2) is 78.9 Å². The maximum absolute atomic E-state index is 14.0. The van der Waals surface area contributed by atoms with E-state index in [2.05, 4.69) is 5.32 Å². The van der Waals surface area contributed by atoms with E-state index in [0.29, 0.717) is 12.1 Å². The van der Waals surface area contributed by atoms with Gasteiger partial charge in [-0.1, -0.05) is 72.3 Å². The predicted octanol–water partition coefficient (Wildman–Crippen LogP) is 4.23. The van der Waals surface area contributed by atoms with Crippen LogP contribution >= 0.6 is 0 Å². The molecule has 1 atom stereocenters. The van der Waals surface area contributed by atoms with Crippen molar-refractivity contribution in [1.82, 2.24) is 10.2 Å². The molecule has 0 spiro atoms. The van der Waals surface area contributed by atoms with E-state index < -0.39 is 28.5 Å². The summed E-state index contributed by atoms with van der Waals surface area (Å²) in [6.45, 7) is 7.30. The largest absolute Gasteiger partial charge is 0.352 e. The highest BCUT2D eigenvalue weighted by Gasteiger charge is 2.33. The van der Waals surface area contributed by atoms with E-state index in [4.69, 9.17) is 0 Å². The molecule has 0 fully saturated rings. The summed E-state index contributed by atoms with van der Waals surface area (Å²) < 4.78 is 26.7. The van der Waals surface area contributed by atoms with Crippen LogP contribution in [0.4, 0.5) is 5.69 Å². The first-order valence-corrected chi connectivity index (χ1v) is 14.5. The molecule has 0 unspecified atom stereocenters. The van der Waals surface area contributed by atoms with Gasteiger partial charge in [-0.25, -0.2) is 8.42 Å². The first kappa shape index (κ1) is 28.9. The second kappa shape index (κ2) is 12.7. The van der Waals surface area contributed by atoms with Crippen molar-refractivity contribution in [1.29, 1.82) is 0 Å². The second-order valence-electron chi connectivity index (χ2n) is 9.99. The average Bonchev–Trinajstić information content (AvgIpc) is 2.84. The van der Waals surface area contributed by atoms with Gasteiger partial charge in [0, 0.05) is 19.0 Å². The van der Waals surface area contributed by atoms with E-state index >= 15 is 0 Å². The molecular formula is C30H37N3O4S. The lowest BCUT2D eigenvalue weighted by Gasteiger charge is -2.34. The molecule has 0 aliphatic rings. The Morgan fingerprint density at radius 1 is 0.842 bits per heavy atom. The van der Waals surface area contributed by atoms with Crippen LogP contribution in [-0.4, -0.2) is 50.0 Å². The molecule has 3 aromatic rings. The van der Waals surface area contributed by atoms with Crippen molar-refractivity contribution < 1.29 is 18.0 Å². The zero-order valence-corrected chi connectivity index (χ0v) is 23.5. The van der Waals surface area contributed by atoms with Crippen molar-refractivity contribution in [3.8, 4) is 0 Å². The fraction of sp³-hybridized carbons (Fsp3) is 0.333. The summed E-state index contributed by atoms with van der Waals surface area (Å²) in [5.41, 5.74) is 4.06. The number of nitrogens with zero attached hydrogens (tertiary/aromatic N) is 2. The minimum Gasteiger partial charge on any atom is -0.352 e. The molecule has 0 aliphatic carbocycles. The van der Waals surface area contributed by atoms with Gasteiger partial charge in [-0.3, -0.25) is 13.9 Å². The molecule has 0 radical (unpaired) electrons. The third-order valence-electron chi connectivity index (χ3n) is 6.11. The van der Waals surface area contributed by atoms with Gasteiger partial charge in [-0.15, -0.1) is 0 Å². The Morgan fingerprint density at radius 3 is 2.03 bits per heavy atom. The van der Waals surface area contributed by atoms with Crippen molar-refractivity contribution in [3.05, 3.63) is 101 Å². The average molecular weight is 536 g/mol. The normalized spacial score (nSPS) is 12.2. The van der Waals surface area contributed by atoms with Crippen molar-refractivity contribution in [2.45, 2.75) is 52.7 Å². The molecule has 0 aromatic heterocycles. The Bertz CT molecular complexity index is 1360. The molecule has 0 heterocycles. The van der Waals surface area contributed by atoms with Gasteiger partial charge < -0.3 is 10.2 Å². The van der Waals surface area contributed by atoms with E-state index in [1.165, 1.54) is 4.90 Å². The number of amides is 2. The van der Waals surface area contributed by atoms with Gasteiger partial charge in [0.05, 0.1) is 11.9 Å². The first-order valence-electron chi connectivity index (χ1n) is 12.7. The quantitative estimate of drug-likeness (QED) is 0.398. The number of nitrogens with one attached hydrogen (secondary N) is 1. The molecule has 0 saturated heterocycles. The van der Waals surface area contributed by atoms with E-state index in [0.717, 1.165) is 32.8 Å². The van der Waals surface area contributed by atoms with Crippen molar-refractivity contribution in [2.75, 3.05) is 17.1 Å². The summed E-state index contributed by atoms with van der Waals surface area (Å²) >= 11 is 0. The molecule has 0 aliphatic heterocycles. The van der Waals surface area contributed by atoms with Gasteiger partial charge in [0.25, 0.3) is 0 Å². The van der Waals surface area contributed by atoms with Crippen LogP contribution in [0.3, 0.4) is 0 Å². The van der Waals surface area contributed by atoms with Gasteiger partial charge in [0.1, 0.15) is 12.6 Å². The zero-order chi connectivity index (χ0) is 27.9. The van der Waals surface area contributed by atoms with Crippen LogP contribution in [0.1, 0.15) is 36.1 Å². The molecule has 3 aromatic carbocycles. The third-order valence-corrected chi connectivity index (χ3v) is 7.25.